The molecule has 0 aliphatic heterocycles. The number of carbonyl (C=O) groups is 1. The van der Waals surface area contributed by atoms with Crippen molar-refractivity contribution in [3.63, 3.8) is 0 Å². The summed E-state index contributed by atoms with van der Waals surface area (Å²) in [5, 5.41) is 9.86. The van der Waals surface area contributed by atoms with Gasteiger partial charge in [-0.15, -0.1) is 0 Å². The number of carboxylic acids is 1. The molecule has 0 fully saturated rings. The highest BCUT2D eigenvalue weighted by atomic mass is 32.2. The normalized spacial score (nSPS) is 11.8. The van der Waals surface area contributed by atoms with Crippen molar-refractivity contribution in [1.29, 1.82) is 0 Å². The molecule has 0 unspecified atom stereocenters. The monoisotopic (exact) mass is 418 g/mol. The number of rotatable bonds is 8. The number of sulfonamides is 1. The van der Waals surface area contributed by atoms with E-state index in [4.69, 9.17) is 0 Å². The minimum Gasteiger partial charge on any atom is -0.480 e. The maximum Gasteiger partial charge on any atom is 0.323 e. The zero-order chi connectivity index (χ0) is 21.2. The largest absolute Gasteiger partial charge is 0.480 e. The number of benzene rings is 2. The molecule has 0 aliphatic rings. The number of carboxylic acid groups (broad SMARTS) is 1. The number of fused-ring (bicyclic) bond motifs is 1. The van der Waals surface area contributed by atoms with Crippen molar-refractivity contribution in [3.05, 3.63) is 65.1 Å². The first-order valence-corrected chi connectivity index (χ1v) is 10.8. The van der Waals surface area contributed by atoms with Crippen molar-refractivity contribution < 1.29 is 22.7 Å². The van der Waals surface area contributed by atoms with Crippen molar-refractivity contribution in [1.82, 2.24) is 9.29 Å². The zero-order valence-corrected chi connectivity index (χ0v) is 17.1. The Morgan fingerprint density at radius 2 is 1.97 bits per heavy atom. The van der Waals surface area contributed by atoms with E-state index in [9.17, 15) is 22.7 Å². The van der Waals surface area contributed by atoms with Gasteiger partial charge in [0.25, 0.3) is 0 Å². The van der Waals surface area contributed by atoms with Gasteiger partial charge in [-0.3, -0.25) is 4.79 Å². The van der Waals surface area contributed by atoms with Crippen LogP contribution in [0.3, 0.4) is 0 Å². The van der Waals surface area contributed by atoms with Gasteiger partial charge in [0.05, 0.1) is 4.90 Å². The fraction of sp³-hybridized carbons (Fsp3) is 0.286. The van der Waals surface area contributed by atoms with Crippen LogP contribution in [-0.4, -0.2) is 30.6 Å². The third-order valence-corrected chi connectivity index (χ3v) is 6.30. The molecule has 154 valence electrons. The first-order valence-electron chi connectivity index (χ1n) is 9.30. The van der Waals surface area contributed by atoms with Crippen LogP contribution in [0, 0.1) is 12.7 Å². The first-order chi connectivity index (χ1) is 13.7. The van der Waals surface area contributed by atoms with E-state index in [0.29, 0.717) is 36.0 Å². The van der Waals surface area contributed by atoms with Gasteiger partial charge in [0.15, 0.2) is 0 Å². The highest BCUT2D eigenvalue weighted by molar-refractivity contribution is 7.89. The van der Waals surface area contributed by atoms with Crippen LogP contribution in [0.5, 0.6) is 0 Å². The number of nitrogens with one attached hydrogen (secondary N) is 1. The van der Waals surface area contributed by atoms with E-state index in [0.717, 1.165) is 11.1 Å². The average Bonchev–Trinajstić information content (AvgIpc) is 2.91. The summed E-state index contributed by atoms with van der Waals surface area (Å²) >= 11 is 0. The second-order valence-corrected chi connectivity index (χ2v) is 8.69. The molecule has 0 bridgehead atoms. The second-order valence-electron chi connectivity index (χ2n) is 6.93. The van der Waals surface area contributed by atoms with Crippen molar-refractivity contribution in [2.45, 2.75) is 38.1 Å². The molecule has 3 aromatic rings. The molecule has 3 rings (SSSR count). The summed E-state index contributed by atoms with van der Waals surface area (Å²) in [6, 6.07) is 10.9. The molecule has 1 aromatic heterocycles. The predicted octanol–water partition coefficient (Wildman–Crippen LogP) is 3.45. The summed E-state index contributed by atoms with van der Waals surface area (Å²) in [5.74, 6) is -1.40. The Kier molecular flexibility index (Phi) is 6.04. The molecule has 0 spiro atoms. The number of aromatic nitrogens is 1. The van der Waals surface area contributed by atoms with Gasteiger partial charge in [-0.1, -0.05) is 19.1 Å². The Bertz CT molecular complexity index is 1170. The first kappa shape index (κ1) is 21.0. The standard InChI is InChI=1S/C21H23FN2O4S/c1-3-9-23-29(27,28)17-6-4-5-15(10-17)11-18-14(2)24(13-21(25)26)20-8-7-16(22)12-19(18)20/h4-8,10,12,23H,3,9,11,13H2,1-2H3,(H,25,26). The summed E-state index contributed by atoms with van der Waals surface area (Å²) in [4.78, 5) is 11.4. The highest BCUT2D eigenvalue weighted by Crippen LogP contribution is 2.29. The van der Waals surface area contributed by atoms with E-state index in [1.165, 1.54) is 18.2 Å². The smallest absolute Gasteiger partial charge is 0.323 e. The Morgan fingerprint density at radius 1 is 1.21 bits per heavy atom. The molecule has 0 saturated heterocycles. The predicted molar refractivity (Wildman–Crippen MR) is 109 cm³/mol. The maximum atomic E-state index is 13.9. The zero-order valence-electron chi connectivity index (χ0n) is 16.3. The molecule has 6 nitrogen and oxygen atoms in total. The SMILES string of the molecule is CCCNS(=O)(=O)c1cccc(Cc2c(C)n(CC(=O)O)c3ccc(F)cc23)c1. The van der Waals surface area contributed by atoms with E-state index >= 15 is 0 Å². The average molecular weight is 418 g/mol. The van der Waals surface area contributed by atoms with Gasteiger partial charge in [-0.2, -0.15) is 0 Å². The maximum absolute atomic E-state index is 13.9. The molecule has 0 radical (unpaired) electrons. The third-order valence-electron chi connectivity index (χ3n) is 4.84. The van der Waals surface area contributed by atoms with E-state index in [2.05, 4.69) is 4.72 Å². The number of hydrogen-bond acceptors (Lipinski definition) is 3. The lowest BCUT2D eigenvalue weighted by atomic mass is 10.0. The van der Waals surface area contributed by atoms with Crippen molar-refractivity contribution in [2.75, 3.05) is 6.54 Å². The van der Waals surface area contributed by atoms with Crippen LogP contribution in [0.2, 0.25) is 0 Å². The van der Waals surface area contributed by atoms with E-state index in [1.807, 2.05) is 6.92 Å². The lowest BCUT2D eigenvalue weighted by molar-refractivity contribution is -0.137. The number of halogens is 1. The summed E-state index contributed by atoms with van der Waals surface area (Å²) in [5.41, 5.74) is 2.86. The van der Waals surface area contributed by atoms with Crippen LogP contribution in [0.4, 0.5) is 4.39 Å². The van der Waals surface area contributed by atoms with Crippen LogP contribution in [0.15, 0.2) is 47.4 Å². The second kappa shape index (κ2) is 8.34. The molecule has 2 N–H and O–H groups in total. The fourth-order valence-electron chi connectivity index (χ4n) is 3.43. The van der Waals surface area contributed by atoms with E-state index in [-0.39, 0.29) is 11.4 Å². The van der Waals surface area contributed by atoms with E-state index in [1.54, 1.807) is 35.8 Å². The highest BCUT2D eigenvalue weighted by Gasteiger charge is 2.18. The van der Waals surface area contributed by atoms with Gasteiger partial charge in [0.2, 0.25) is 10.0 Å². The molecule has 2 aromatic carbocycles. The number of nitrogens with zero attached hydrogens (tertiary/aromatic N) is 1. The Morgan fingerprint density at radius 3 is 2.66 bits per heavy atom. The molecule has 0 atom stereocenters. The molecule has 0 amide bonds. The lowest BCUT2D eigenvalue weighted by Crippen LogP contribution is -2.24. The Balaban J connectivity index is 2.05. The molecule has 0 saturated carbocycles. The third kappa shape index (κ3) is 4.49. The Hall–Kier alpha value is -2.71. The van der Waals surface area contributed by atoms with Gasteiger partial charge in [0, 0.05) is 23.1 Å². The minimum absolute atomic E-state index is 0.168. The van der Waals surface area contributed by atoms with E-state index < -0.39 is 21.8 Å². The Labute approximate surface area is 169 Å². The van der Waals surface area contributed by atoms with Crippen LogP contribution in [0.1, 0.15) is 30.2 Å². The van der Waals surface area contributed by atoms with Crippen LogP contribution in [0.25, 0.3) is 10.9 Å². The van der Waals surface area contributed by atoms with Crippen molar-refractivity contribution >= 4 is 26.9 Å². The summed E-state index contributed by atoms with van der Waals surface area (Å²) in [6.45, 7) is 3.80. The number of hydrogen-bond donors (Lipinski definition) is 2. The van der Waals surface area contributed by atoms with Gasteiger partial charge in [-0.25, -0.2) is 17.5 Å². The topological polar surface area (TPSA) is 88.4 Å². The van der Waals surface area contributed by atoms with Gasteiger partial charge in [-0.05, 0) is 61.2 Å². The minimum atomic E-state index is -3.60. The lowest BCUT2D eigenvalue weighted by Gasteiger charge is -2.09. The summed E-state index contributed by atoms with van der Waals surface area (Å²) < 4.78 is 42.9. The van der Waals surface area contributed by atoms with Crippen LogP contribution < -0.4 is 4.72 Å². The van der Waals surface area contributed by atoms with Gasteiger partial charge in [0.1, 0.15) is 12.4 Å². The van der Waals surface area contributed by atoms with Crippen molar-refractivity contribution in [2.24, 2.45) is 0 Å². The molecular weight excluding hydrogens is 395 g/mol. The molecule has 29 heavy (non-hydrogen) atoms. The van der Waals surface area contributed by atoms with Gasteiger partial charge < -0.3 is 9.67 Å². The number of aliphatic carboxylic acids is 1. The van der Waals surface area contributed by atoms with Gasteiger partial charge >= 0.3 is 5.97 Å². The molecule has 0 aliphatic carbocycles. The molecule has 8 heteroatoms. The van der Waals surface area contributed by atoms with Crippen LogP contribution in [-0.2, 0) is 27.8 Å². The molecule has 1 heterocycles. The fourth-order valence-corrected chi connectivity index (χ4v) is 4.64. The molecular formula is C21H23FN2O4S. The quantitative estimate of drug-likeness (QED) is 0.586. The summed E-state index contributed by atoms with van der Waals surface area (Å²) in [7, 11) is -3.60. The summed E-state index contributed by atoms with van der Waals surface area (Å²) in [6.07, 6.45) is 1.04. The van der Waals surface area contributed by atoms with Crippen molar-refractivity contribution in [3.8, 4) is 0 Å². The van der Waals surface area contributed by atoms with Crippen LogP contribution >= 0.6 is 0 Å².